The average Bonchev–Trinajstić information content (AvgIpc) is 2.19. The first-order valence-corrected chi connectivity index (χ1v) is 4.09. The van der Waals surface area contributed by atoms with Gasteiger partial charge in [0.15, 0.2) is 0 Å². The largest absolute Gasteiger partial charge is 0.382 e. The van der Waals surface area contributed by atoms with Gasteiger partial charge in [0.05, 0.1) is 18.1 Å². The first kappa shape index (κ1) is 8.62. The molecule has 0 spiro atoms. The van der Waals surface area contributed by atoms with Gasteiger partial charge >= 0.3 is 0 Å². The number of benzene rings is 1. The van der Waals surface area contributed by atoms with E-state index in [4.69, 9.17) is 5.73 Å². The normalized spacial score (nSPS) is 10.1. The third-order valence-electron chi connectivity index (χ3n) is 1.79. The third-order valence-corrected chi connectivity index (χ3v) is 1.79. The van der Waals surface area contributed by atoms with Gasteiger partial charge in [-0.3, -0.25) is 4.98 Å². The maximum absolute atomic E-state index is 12.6. The molecule has 2 rings (SSSR count). The molecule has 0 unspecified atom stereocenters. The van der Waals surface area contributed by atoms with Crippen molar-refractivity contribution in [1.82, 2.24) is 9.97 Å². The highest BCUT2D eigenvalue weighted by atomic mass is 19.1. The lowest BCUT2D eigenvalue weighted by Crippen LogP contribution is -1.93. The van der Waals surface area contributed by atoms with E-state index >= 15 is 0 Å². The monoisotopic (exact) mass is 189 g/mol. The zero-order valence-electron chi connectivity index (χ0n) is 7.31. The van der Waals surface area contributed by atoms with E-state index in [9.17, 15) is 4.39 Å². The fourth-order valence-corrected chi connectivity index (χ4v) is 1.14. The van der Waals surface area contributed by atoms with Gasteiger partial charge in [0.1, 0.15) is 11.6 Å². The van der Waals surface area contributed by atoms with Crippen LogP contribution < -0.4 is 5.73 Å². The van der Waals surface area contributed by atoms with Gasteiger partial charge in [-0.2, -0.15) is 0 Å². The minimum Gasteiger partial charge on any atom is -0.382 e. The Morgan fingerprint density at radius 1 is 1.07 bits per heavy atom. The van der Waals surface area contributed by atoms with Crippen LogP contribution in [-0.4, -0.2) is 9.97 Å². The fraction of sp³-hybridized carbons (Fsp3) is 0. The van der Waals surface area contributed by atoms with Gasteiger partial charge in [-0.25, -0.2) is 9.37 Å². The highest BCUT2D eigenvalue weighted by Gasteiger charge is 1.99. The van der Waals surface area contributed by atoms with E-state index in [2.05, 4.69) is 9.97 Å². The molecule has 0 aliphatic heterocycles. The van der Waals surface area contributed by atoms with Gasteiger partial charge in [0.2, 0.25) is 0 Å². The van der Waals surface area contributed by atoms with Crippen molar-refractivity contribution in [2.24, 2.45) is 0 Å². The molecular formula is C10H8FN3. The number of rotatable bonds is 1. The van der Waals surface area contributed by atoms with E-state index in [1.807, 2.05) is 0 Å². The molecule has 1 aromatic carbocycles. The molecule has 0 atom stereocenters. The SMILES string of the molecule is Nc1cncc(-c2ccc(F)cc2)n1. The van der Waals surface area contributed by atoms with Crippen molar-refractivity contribution >= 4 is 5.82 Å². The van der Waals surface area contributed by atoms with Crippen molar-refractivity contribution in [3.63, 3.8) is 0 Å². The summed E-state index contributed by atoms with van der Waals surface area (Å²) in [6.07, 6.45) is 3.05. The lowest BCUT2D eigenvalue weighted by atomic mass is 10.1. The fourth-order valence-electron chi connectivity index (χ4n) is 1.14. The Morgan fingerprint density at radius 3 is 2.43 bits per heavy atom. The number of halogens is 1. The Labute approximate surface area is 80.4 Å². The lowest BCUT2D eigenvalue weighted by molar-refractivity contribution is 0.628. The standard InChI is InChI=1S/C10H8FN3/c11-8-3-1-7(2-4-8)9-5-13-6-10(12)14-9/h1-6H,(H2,12,14). The zero-order chi connectivity index (χ0) is 9.97. The van der Waals surface area contributed by atoms with E-state index in [-0.39, 0.29) is 5.82 Å². The Morgan fingerprint density at radius 2 is 1.79 bits per heavy atom. The Hall–Kier alpha value is -1.97. The van der Waals surface area contributed by atoms with Gasteiger partial charge < -0.3 is 5.73 Å². The Balaban J connectivity index is 2.44. The van der Waals surface area contributed by atoms with Crippen molar-refractivity contribution in [2.45, 2.75) is 0 Å². The van der Waals surface area contributed by atoms with Crippen LogP contribution in [0.2, 0.25) is 0 Å². The van der Waals surface area contributed by atoms with E-state index in [0.29, 0.717) is 11.5 Å². The first-order chi connectivity index (χ1) is 6.75. The summed E-state index contributed by atoms with van der Waals surface area (Å²) in [5.74, 6) is 0.0810. The lowest BCUT2D eigenvalue weighted by Gasteiger charge is -2.00. The Kier molecular flexibility index (Phi) is 2.10. The molecule has 0 aliphatic rings. The average molecular weight is 189 g/mol. The molecule has 14 heavy (non-hydrogen) atoms. The molecule has 2 aromatic rings. The molecule has 0 saturated heterocycles. The number of aromatic nitrogens is 2. The molecule has 1 aromatic heterocycles. The van der Waals surface area contributed by atoms with Crippen molar-refractivity contribution in [1.29, 1.82) is 0 Å². The van der Waals surface area contributed by atoms with Gasteiger partial charge in [-0.1, -0.05) is 0 Å². The van der Waals surface area contributed by atoms with Crippen LogP contribution in [0.15, 0.2) is 36.7 Å². The van der Waals surface area contributed by atoms with Crippen LogP contribution in [0, 0.1) is 5.82 Å². The van der Waals surface area contributed by atoms with Gasteiger partial charge in [0.25, 0.3) is 0 Å². The second-order valence-corrected chi connectivity index (χ2v) is 2.84. The third kappa shape index (κ3) is 1.69. The summed E-state index contributed by atoms with van der Waals surface area (Å²) in [6.45, 7) is 0. The summed E-state index contributed by atoms with van der Waals surface area (Å²) in [7, 11) is 0. The minimum absolute atomic E-state index is 0.273. The van der Waals surface area contributed by atoms with Crippen molar-refractivity contribution in [3.05, 3.63) is 42.5 Å². The second kappa shape index (κ2) is 3.41. The minimum atomic E-state index is -0.273. The molecule has 4 heteroatoms. The summed E-state index contributed by atoms with van der Waals surface area (Å²) in [5.41, 5.74) is 6.92. The van der Waals surface area contributed by atoms with E-state index in [1.54, 1.807) is 18.3 Å². The van der Waals surface area contributed by atoms with E-state index in [1.165, 1.54) is 18.3 Å². The number of nitrogens with two attached hydrogens (primary N) is 1. The first-order valence-electron chi connectivity index (χ1n) is 4.09. The maximum Gasteiger partial charge on any atom is 0.142 e. The summed E-state index contributed by atoms with van der Waals surface area (Å²) >= 11 is 0. The number of nitrogens with zero attached hydrogens (tertiary/aromatic N) is 2. The van der Waals surface area contributed by atoms with Crippen LogP contribution in [-0.2, 0) is 0 Å². The molecule has 0 fully saturated rings. The van der Waals surface area contributed by atoms with E-state index < -0.39 is 0 Å². The van der Waals surface area contributed by atoms with Crippen LogP contribution in [0.5, 0.6) is 0 Å². The summed E-state index contributed by atoms with van der Waals surface area (Å²) in [6, 6.07) is 6.03. The van der Waals surface area contributed by atoms with Gasteiger partial charge in [-0.15, -0.1) is 0 Å². The van der Waals surface area contributed by atoms with E-state index in [0.717, 1.165) is 5.56 Å². The van der Waals surface area contributed by atoms with Crippen LogP contribution in [0.3, 0.4) is 0 Å². The molecule has 0 bridgehead atoms. The summed E-state index contributed by atoms with van der Waals surface area (Å²) in [4.78, 5) is 7.97. The highest BCUT2D eigenvalue weighted by Crippen LogP contribution is 2.16. The van der Waals surface area contributed by atoms with Crippen LogP contribution in [0.4, 0.5) is 10.2 Å². The molecule has 0 radical (unpaired) electrons. The quantitative estimate of drug-likeness (QED) is 0.744. The summed E-state index contributed by atoms with van der Waals surface area (Å²) < 4.78 is 12.6. The predicted octanol–water partition coefficient (Wildman–Crippen LogP) is 1.86. The molecular weight excluding hydrogens is 181 g/mol. The number of hydrogen-bond donors (Lipinski definition) is 1. The summed E-state index contributed by atoms with van der Waals surface area (Å²) in [5, 5.41) is 0. The van der Waals surface area contributed by atoms with Crippen LogP contribution in [0.25, 0.3) is 11.3 Å². The topological polar surface area (TPSA) is 51.8 Å². The zero-order valence-corrected chi connectivity index (χ0v) is 7.31. The molecule has 0 saturated carbocycles. The Bertz CT molecular complexity index is 439. The molecule has 0 aliphatic carbocycles. The van der Waals surface area contributed by atoms with Gasteiger partial charge in [0, 0.05) is 5.56 Å². The molecule has 70 valence electrons. The predicted molar refractivity (Wildman–Crippen MR) is 51.8 cm³/mol. The van der Waals surface area contributed by atoms with Gasteiger partial charge in [-0.05, 0) is 24.3 Å². The highest BCUT2D eigenvalue weighted by molar-refractivity contribution is 5.59. The number of nitrogen functional groups attached to an aromatic ring is 1. The van der Waals surface area contributed by atoms with Crippen molar-refractivity contribution in [2.75, 3.05) is 5.73 Å². The van der Waals surface area contributed by atoms with Crippen LogP contribution in [0.1, 0.15) is 0 Å². The van der Waals surface area contributed by atoms with Crippen molar-refractivity contribution in [3.8, 4) is 11.3 Å². The van der Waals surface area contributed by atoms with Crippen LogP contribution >= 0.6 is 0 Å². The number of anilines is 1. The second-order valence-electron chi connectivity index (χ2n) is 2.84. The van der Waals surface area contributed by atoms with Crippen molar-refractivity contribution < 1.29 is 4.39 Å². The maximum atomic E-state index is 12.6. The smallest absolute Gasteiger partial charge is 0.142 e. The molecule has 0 amide bonds. The molecule has 1 heterocycles. The number of hydrogen-bond acceptors (Lipinski definition) is 3. The molecule has 2 N–H and O–H groups in total. The molecule has 3 nitrogen and oxygen atoms in total.